The molecule has 96 valence electrons. The van der Waals surface area contributed by atoms with E-state index >= 15 is 0 Å². The van der Waals surface area contributed by atoms with Crippen molar-refractivity contribution in [1.82, 2.24) is 30.7 Å². The summed E-state index contributed by atoms with van der Waals surface area (Å²) in [5.41, 5.74) is 0.934. The first-order valence-corrected chi connectivity index (χ1v) is 5.86. The molecule has 0 fully saturated rings. The molecule has 0 saturated carbocycles. The number of nitrogens with one attached hydrogen (secondary N) is 1. The van der Waals surface area contributed by atoms with E-state index in [0.29, 0.717) is 13.1 Å². The summed E-state index contributed by atoms with van der Waals surface area (Å²) in [5.74, 6) is 1.52. The Morgan fingerprint density at radius 1 is 1.11 bits per heavy atom. The van der Waals surface area contributed by atoms with E-state index in [1.165, 1.54) is 0 Å². The lowest BCUT2D eigenvalue weighted by molar-refractivity contribution is 0.372. The topological polar surface area (TPSA) is 81.7 Å². The van der Waals surface area contributed by atoms with Gasteiger partial charge in [0.15, 0.2) is 5.82 Å². The zero-order valence-electron chi connectivity index (χ0n) is 10.1. The maximum absolute atomic E-state index is 5.00. The molecule has 7 nitrogen and oxygen atoms in total. The molecule has 0 aliphatic heterocycles. The highest BCUT2D eigenvalue weighted by molar-refractivity contribution is 5.30. The predicted octanol–water partition coefficient (Wildman–Crippen LogP) is 0.940. The van der Waals surface area contributed by atoms with E-state index < -0.39 is 0 Å². The summed E-state index contributed by atoms with van der Waals surface area (Å²) >= 11 is 0. The highest BCUT2D eigenvalue weighted by Gasteiger charge is 2.07. The van der Waals surface area contributed by atoms with Gasteiger partial charge in [0.2, 0.25) is 0 Å². The smallest absolute Gasteiger partial charge is 0.170 e. The van der Waals surface area contributed by atoms with Crippen molar-refractivity contribution >= 4 is 0 Å². The molecule has 0 bridgehead atoms. The van der Waals surface area contributed by atoms with Gasteiger partial charge >= 0.3 is 0 Å². The Labute approximate surface area is 109 Å². The van der Waals surface area contributed by atoms with Crippen LogP contribution < -0.4 is 5.32 Å². The van der Waals surface area contributed by atoms with Gasteiger partial charge in [-0.25, -0.2) is 0 Å². The Balaban J connectivity index is 1.67. The highest BCUT2D eigenvalue weighted by atomic mass is 16.5. The summed E-state index contributed by atoms with van der Waals surface area (Å²) < 4.78 is 6.70. The molecular weight excluding hydrogens is 244 g/mol. The second kappa shape index (κ2) is 5.40. The van der Waals surface area contributed by atoms with Crippen molar-refractivity contribution in [1.29, 1.82) is 0 Å². The van der Waals surface area contributed by atoms with E-state index in [9.17, 15) is 0 Å². The summed E-state index contributed by atoms with van der Waals surface area (Å²) in [6.07, 6.45) is 1.62. The molecule has 0 aliphatic carbocycles. The van der Waals surface area contributed by atoms with E-state index in [-0.39, 0.29) is 0 Å². The SMILES string of the molecule is c1ccc(-n2nnnc2CNCc2ccno2)cc1. The van der Waals surface area contributed by atoms with Crippen molar-refractivity contribution < 1.29 is 4.52 Å². The van der Waals surface area contributed by atoms with Gasteiger partial charge in [0, 0.05) is 6.07 Å². The van der Waals surface area contributed by atoms with Crippen molar-refractivity contribution in [3.8, 4) is 5.69 Å². The molecule has 19 heavy (non-hydrogen) atoms. The van der Waals surface area contributed by atoms with Crippen LogP contribution in [-0.4, -0.2) is 25.4 Å². The number of aromatic nitrogens is 5. The van der Waals surface area contributed by atoms with Crippen molar-refractivity contribution in [2.45, 2.75) is 13.1 Å². The maximum atomic E-state index is 5.00. The normalized spacial score (nSPS) is 10.7. The van der Waals surface area contributed by atoms with Crippen LogP contribution in [0.25, 0.3) is 5.69 Å². The minimum Gasteiger partial charge on any atom is -0.360 e. The van der Waals surface area contributed by atoms with Crippen LogP contribution in [0.5, 0.6) is 0 Å². The first kappa shape index (κ1) is 11.5. The third-order valence-corrected chi connectivity index (χ3v) is 2.61. The van der Waals surface area contributed by atoms with Gasteiger partial charge < -0.3 is 9.84 Å². The van der Waals surface area contributed by atoms with E-state index in [4.69, 9.17) is 4.52 Å². The van der Waals surface area contributed by atoms with E-state index in [1.54, 1.807) is 10.9 Å². The summed E-state index contributed by atoms with van der Waals surface area (Å²) in [5, 5.41) is 18.5. The second-order valence-electron chi connectivity index (χ2n) is 3.92. The average molecular weight is 256 g/mol. The first-order valence-electron chi connectivity index (χ1n) is 5.86. The van der Waals surface area contributed by atoms with Gasteiger partial charge in [-0.1, -0.05) is 23.4 Å². The highest BCUT2D eigenvalue weighted by Crippen LogP contribution is 2.06. The van der Waals surface area contributed by atoms with Gasteiger partial charge in [0.25, 0.3) is 0 Å². The number of hydrogen-bond acceptors (Lipinski definition) is 6. The lowest BCUT2D eigenvalue weighted by atomic mass is 10.3. The van der Waals surface area contributed by atoms with Crippen LogP contribution in [0.1, 0.15) is 11.6 Å². The Hall–Kier alpha value is -2.54. The predicted molar refractivity (Wildman–Crippen MR) is 66.2 cm³/mol. The minimum absolute atomic E-state index is 0.544. The summed E-state index contributed by atoms with van der Waals surface area (Å²) in [7, 11) is 0. The van der Waals surface area contributed by atoms with Gasteiger partial charge in [-0.2, -0.15) is 4.68 Å². The van der Waals surface area contributed by atoms with Gasteiger partial charge in [-0.15, -0.1) is 5.10 Å². The zero-order chi connectivity index (χ0) is 12.9. The molecule has 2 aromatic heterocycles. The minimum atomic E-state index is 0.544. The van der Waals surface area contributed by atoms with Crippen LogP contribution in [0.3, 0.4) is 0 Å². The Bertz CT molecular complexity index is 619. The summed E-state index contributed by atoms with van der Waals surface area (Å²) in [6.45, 7) is 1.13. The van der Waals surface area contributed by atoms with Crippen LogP contribution in [0.4, 0.5) is 0 Å². The fraction of sp³-hybridized carbons (Fsp3) is 0.167. The largest absolute Gasteiger partial charge is 0.360 e. The van der Waals surface area contributed by atoms with Gasteiger partial charge in [0.1, 0.15) is 5.76 Å². The number of tetrazole rings is 1. The molecule has 1 aromatic carbocycles. The molecule has 7 heteroatoms. The Morgan fingerprint density at radius 2 is 2.00 bits per heavy atom. The molecule has 3 rings (SSSR count). The van der Waals surface area contributed by atoms with Crippen molar-refractivity contribution in [3.05, 3.63) is 54.2 Å². The molecule has 0 radical (unpaired) electrons. The van der Waals surface area contributed by atoms with Gasteiger partial charge in [0.05, 0.1) is 25.0 Å². The summed E-state index contributed by atoms with van der Waals surface area (Å²) in [6, 6.07) is 11.6. The number of benzene rings is 1. The van der Waals surface area contributed by atoms with Crippen molar-refractivity contribution in [2.24, 2.45) is 0 Å². The van der Waals surface area contributed by atoms with Gasteiger partial charge in [-0.3, -0.25) is 0 Å². The van der Waals surface area contributed by atoms with E-state index in [1.807, 2.05) is 36.4 Å². The molecule has 2 heterocycles. The molecule has 1 N–H and O–H groups in total. The van der Waals surface area contributed by atoms with Crippen LogP contribution in [0.15, 0.2) is 47.1 Å². The number of hydrogen-bond donors (Lipinski definition) is 1. The third-order valence-electron chi connectivity index (χ3n) is 2.61. The quantitative estimate of drug-likeness (QED) is 0.731. The Morgan fingerprint density at radius 3 is 2.79 bits per heavy atom. The van der Waals surface area contributed by atoms with Crippen LogP contribution >= 0.6 is 0 Å². The molecule has 0 spiro atoms. The molecule has 0 aliphatic rings. The fourth-order valence-electron chi connectivity index (χ4n) is 1.72. The summed E-state index contributed by atoms with van der Waals surface area (Å²) in [4.78, 5) is 0. The van der Waals surface area contributed by atoms with E-state index in [2.05, 4.69) is 26.0 Å². The monoisotopic (exact) mass is 256 g/mol. The molecule has 0 saturated heterocycles. The lowest BCUT2D eigenvalue weighted by Crippen LogP contribution is -2.16. The standard InChI is InChI=1S/C12H12N6O/c1-2-4-10(5-3-1)18-12(15-16-17-18)9-13-8-11-6-7-14-19-11/h1-7,13H,8-9H2. The zero-order valence-corrected chi connectivity index (χ0v) is 10.1. The maximum Gasteiger partial charge on any atom is 0.170 e. The van der Waals surface area contributed by atoms with Crippen LogP contribution in [-0.2, 0) is 13.1 Å². The van der Waals surface area contributed by atoms with Crippen LogP contribution in [0.2, 0.25) is 0 Å². The fourth-order valence-corrected chi connectivity index (χ4v) is 1.72. The molecular formula is C12H12N6O. The molecule has 0 amide bonds. The second-order valence-corrected chi connectivity index (χ2v) is 3.92. The van der Waals surface area contributed by atoms with Gasteiger partial charge in [-0.05, 0) is 22.6 Å². The van der Waals surface area contributed by atoms with E-state index in [0.717, 1.165) is 17.3 Å². The lowest BCUT2D eigenvalue weighted by Gasteiger charge is -2.04. The molecule has 0 unspecified atom stereocenters. The van der Waals surface area contributed by atoms with Crippen LogP contribution in [0, 0.1) is 0 Å². The average Bonchev–Trinajstić information content (AvgIpc) is 3.11. The van der Waals surface area contributed by atoms with Crippen molar-refractivity contribution in [2.75, 3.05) is 0 Å². The Kier molecular flexibility index (Phi) is 3.28. The molecule has 0 atom stereocenters. The molecule has 3 aromatic rings. The first-order chi connectivity index (χ1) is 9.43. The number of nitrogens with zero attached hydrogens (tertiary/aromatic N) is 5. The van der Waals surface area contributed by atoms with Crippen molar-refractivity contribution in [3.63, 3.8) is 0 Å². The third kappa shape index (κ3) is 2.66. The number of para-hydroxylation sites is 1. The number of rotatable bonds is 5.